The molecular formula is C16H21FN4O. The fourth-order valence-corrected chi connectivity index (χ4v) is 2.01. The highest BCUT2D eigenvalue weighted by Crippen LogP contribution is 2.06. The lowest BCUT2D eigenvalue weighted by Crippen LogP contribution is -2.37. The highest BCUT2D eigenvalue weighted by atomic mass is 19.1. The van der Waals surface area contributed by atoms with Gasteiger partial charge < -0.3 is 15.2 Å². The molecule has 1 aromatic heterocycles. The molecular weight excluding hydrogens is 283 g/mol. The molecule has 1 aromatic carbocycles. The molecule has 6 heteroatoms. The smallest absolute Gasteiger partial charge is 0.191 e. The molecule has 0 unspecified atom stereocenters. The molecule has 0 aliphatic heterocycles. The van der Waals surface area contributed by atoms with E-state index >= 15 is 0 Å². The molecule has 22 heavy (non-hydrogen) atoms. The van der Waals surface area contributed by atoms with E-state index < -0.39 is 0 Å². The highest BCUT2D eigenvalue weighted by Gasteiger charge is 2.05. The van der Waals surface area contributed by atoms with E-state index in [2.05, 4.69) is 20.8 Å². The minimum absolute atomic E-state index is 0.180. The van der Waals surface area contributed by atoms with Crippen LogP contribution in [0, 0.1) is 5.82 Å². The Kier molecular flexibility index (Phi) is 5.94. The summed E-state index contributed by atoms with van der Waals surface area (Å²) >= 11 is 0. The molecule has 0 amide bonds. The van der Waals surface area contributed by atoms with Crippen LogP contribution in [0.1, 0.15) is 23.9 Å². The Morgan fingerprint density at radius 2 is 2.14 bits per heavy atom. The van der Waals surface area contributed by atoms with Crippen LogP contribution < -0.4 is 10.6 Å². The summed E-state index contributed by atoms with van der Waals surface area (Å²) in [5.74, 6) is 1.22. The summed E-state index contributed by atoms with van der Waals surface area (Å²) in [6, 6.07) is 8.70. The molecule has 0 saturated carbocycles. The van der Waals surface area contributed by atoms with E-state index in [0.717, 1.165) is 17.9 Å². The number of nitrogens with zero attached hydrogens (tertiary/aromatic N) is 2. The number of rotatable bonds is 6. The van der Waals surface area contributed by atoms with Crippen molar-refractivity contribution in [2.45, 2.75) is 26.3 Å². The van der Waals surface area contributed by atoms with Crippen molar-refractivity contribution in [3.8, 4) is 0 Å². The Balaban J connectivity index is 1.77. The topological polar surface area (TPSA) is 62.5 Å². The van der Waals surface area contributed by atoms with Crippen molar-refractivity contribution in [1.29, 1.82) is 0 Å². The summed E-state index contributed by atoms with van der Waals surface area (Å²) in [6.07, 6.45) is 1.44. The summed E-state index contributed by atoms with van der Waals surface area (Å²) in [5.41, 5.74) is 1.62. The maximum Gasteiger partial charge on any atom is 0.191 e. The molecule has 118 valence electrons. The molecule has 0 atom stereocenters. The lowest BCUT2D eigenvalue weighted by molar-refractivity contribution is 0.374. The standard InChI is InChI=1S/C16H21FN4O/c1-3-13-10-14(22-21-13)11-20-16(18-2)19-9-8-12-6-4-5-7-15(12)17/h4-7,10H,3,8-9,11H2,1-2H3,(H2,18,19,20). The van der Waals surface area contributed by atoms with Crippen molar-refractivity contribution in [2.75, 3.05) is 13.6 Å². The van der Waals surface area contributed by atoms with Crippen LogP contribution in [0.15, 0.2) is 39.8 Å². The molecule has 0 radical (unpaired) electrons. The maximum absolute atomic E-state index is 13.5. The number of benzene rings is 1. The molecule has 0 fully saturated rings. The van der Waals surface area contributed by atoms with E-state index in [1.54, 1.807) is 19.2 Å². The normalized spacial score (nSPS) is 11.5. The number of nitrogens with one attached hydrogen (secondary N) is 2. The first kappa shape index (κ1) is 16.0. The van der Waals surface area contributed by atoms with Crippen molar-refractivity contribution in [3.63, 3.8) is 0 Å². The number of aliphatic imine (C=N–C) groups is 1. The molecule has 0 saturated heterocycles. The summed E-state index contributed by atoms with van der Waals surface area (Å²) < 4.78 is 18.7. The van der Waals surface area contributed by atoms with E-state index in [1.807, 2.05) is 19.1 Å². The highest BCUT2D eigenvalue weighted by molar-refractivity contribution is 5.79. The zero-order valence-electron chi connectivity index (χ0n) is 12.9. The van der Waals surface area contributed by atoms with Gasteiger partial charge in [0.2, 0.25) is 0 Å². The average Bonchev–Trinajstić information content (AvgIpc) is 3.00. The molecule has 5 nitrogen and oxygen atoms in total. The third kappa shape index (κ3) is 4.58. The third-order valence-electron chi connectivity index (χ3n) is 3.27. The first-order chi connectivity index (χ1) is 10.7. The summed E-state index contributed by atoms with van der Waals surface area (Å²) in [4.78, 5) is 4.12. The first-order valence-corrected chi connectivity index (χ1v) is 7.35. The van der Waals surface area contributed by atoms with Gasteiger partial charge in [0.1, 0.15) is 5.82 Å². The van der Waals surface area contributed by atoms with Gasteiger partial charge in [0.25, 0.3) is 0 Å². The van der Waals surface area contributed by atoms with Gasteiger partial charge in [-0.05, 0) is 24.5 Å². The number of halogens is 1. The molecule has 1 heterocycles. The van der Waals surface area contributed by atoms with Gasteiger partial charge in [-0.3, -0.25) is 4.99 Å². The number of aromatic nitrogens is 1. The molecule has 0 bridgehead atoms. The number of guanidine groups is 1. The average molecular weight is 304 g/mol. The van der Waals surface area contributed by atoms with Crippen LogP contribution >= 0.6 is 0 Å². The van der Waals surface area contributed by atoms with Crippen LogP contribution in [0.3, 0.4) is 0 Å². The zero-order chi connectivity index (χ0) is 15.8. The van der Waals surface area contributed by atoms with Gasteiger partial charge in [-0.1, -0.05) is 30.3 Å². The molecule has 2 rings (SSSR count). The Hall–Kier alpha value is -2.37. The minimum atomic E-state index is -0.180. The van der Waals surface area contributed by atoms with Crippen LogP contribution in [0.4, 0.5) is 4.39 Å². The second-order valence-corrected chi connectivity index (χ2v) is 4.83. The molecule has 2 aromatic rings. The lowest BCUT2D eigenvalue weighted by atomic mass is 10.1. The van der Waals surface area contributed by atoms with Crippen LogP contribution in [0.25, 0.3) is 0 Å². The molecule has 0 aliphatic rings. The Morgan fingerprint density at radius 3 is 2.82 bits per heavy atom. The van der Waals surface area contributed by atoms with E-state index in [1.165, 1.54) is 6.07 Å². The van der Waals surface area contributed by atoms with Gasteiger partial charge in [-0.25, -0.2) is 4.39 Å². The van der Waals surface area contributed by atoms with Gasteiger partial charge in [-0.2, -0.15) is 0 Å². The van der Waals surface area contributed by atoms with Crippen molar-refractivity contribution in [3.05, 3.63) is 53.2 Å². The van der Waals surface area contributed by atoms with Gasteiger partial charge in [0, 0.05) is 19.7 Å². The van der Waals surface area contributed by atoms with Gasteiger partial charge >= 0.3 is 0 Å². The monoisotopic (exact) mass is 304 g/mol. The molecule has 0 spiro atoms. The molecule has 0 aliphatic carbocycles. The van der Waals surface area contributed by atoms with Gasteiger partial charge in [0.05, 0.1) is 12.2 Å². The quantitative estimate of drug-likeness (QED) is 0.635. The second-order valence-electron chi connectivity index (χ2n) is 4.83. The molecule has 2 N–H and O–H groups in total. The minimum Gasteiger partial charge on any atom is -0.359 e. The maximum atomic E-state index is 13.5. The number of hydrogen-bond donors (Lipinski definition) is 2. The van der Waals surface area contributed by atoms with Crippen molar-refractivity contribution >= 4 is 5.96 Å². The fourth-order valence-electron chi connectivity index (χ4n) is 2.01. The van der Waals surface area contributed by atoms with Crippen LogP contribution in [-0.2, 0) is 19.4 Å². The van der Waals surface area contributed by atoms with Gasteiger partial charge in [0.15, 0.2) is 11.7 Å². The van der Waals surface area contributed by atoms with Crippen molar-refractivity contribution in [2.24, 2.45) is 4.99 Å². The summed E-state index contributed by atoms with van der Waals surface area (Å²) in [7, 11) is 1.69. The number of aryl methyl sites for hydroxylation is 1. The predicted molar refractivity (Wildman–Crippen MR) is 84.2 cm³/mol. The van der Waals surface area contributed by atoms with Crippen LogP contribution in [-0.4, -0.2) is 24.7 Å². The van der Waals surface area contributed by atoms with Crippen molar-refractivity contribution < 1.29 is 8.91 Å². The number of hydrogen-bond acceptors (Lipinski definition) is 3. The second kappa shape index (κ2) is 8.17. The summed E-state index contributed by atoms with van der Waals surface area (Å²) in [6.45, 7) is 3.13. The third-order valence-corrected chi connectivity index (χ3v) is 3.27. The van der Waals surface area contributed by atoms with Crippen LogP contribution in [0.2, 0.25) is 0 Å². The predicted octanol–water partition coefficient (Wildman–Crippen LogP) is 2.28. The Bertz CT molecular complexity index is 624. The van der Waals surface area contributed by atoms with E-state index in [9.17, 15) is 4.39 Å². The van der Waals surface area contributed by atoms with Crippen molar-refractivity contribution in [1.82, 2.24) is 15.8 Å². The van der Waals surface area contributed by atoms with Crippen LogP contribution in [0.5, 0.6) is 0 Å². The fraction of sp³-hybridized carbons (Fsp3) is 0.375. The summed E-state index contributed by atoms with van der Waals surface area (Å²) in [5, 5.41) is 10.2. The largest absolute Gasteiger partial charge is 0.359 e. The van der Waals surface area contributed by atoms with Gasteiger partial charge in [-0.15, -0.1) is 0 Å². The van der Waals surface area contributed by atoms with E-state index in [0.29, 0.717) is 31.0 Å². The first-order valence-electron chi connectivity index (χ1n) is 7.35. The Labute approximate surface area is 129 Å². The SMILES string of the molecule is CCc1cc(CNC(=NC)NCCc2ccccc2F)on1. The van der Waals surface area contributed by atoms with E-state index in [-0.39, 0.29) is 5.82 Å². The lowest BCUT2D eigenvalue weighted by Gasteiger charge is -2.10. The Morgan fingerprint density at radius 1 is 1.32 bits per heavy atom. The van der Waals surface area contributed by atoms with E-state index in [4.69, 9.17) is 4.52 Å². The zero-order valence-corrected chi connectivity index (χ0v) is 12.9.